The molecule has 0 unspecified atom stereocenters. The van der Waals surface area contributed by atoms with E-state index < -0.39 is 23.9 Å². The lowest BCUT2D eigenvalue weighted by Crippen LogP contribution is -2.46. The average molecular weight is 463 g/mol. The molecule has 2 aliphatic heterocycles. The van der Waals surface area contributed by atoms with Crippen LogP contribution in [0.4, 0.5) is 25.7 Å². The van der Waals surface area contributed by atoms with Gasteiger partial charge in [0.15, 0.2) is 0 Å². The van der Waals surface area contributed by atoms with Crippen molar-refractivity contribution in [3.63, 3.8) is 0 Å². The SMILES string of the molecule is CC(=O)NC[C@H]1CN(c2ccc(N3CCN(c4nnc(C(N)=O)s4)CC3)c(F)c2)C(=O)O1. The number of cyclic esters (lactones) is 1. The monoisotopic (exact) mass is 463 g/mol. The van der Waals surface area contributed by atoms with Crippen molar-refractivity contribution in [3.8, 4) is 0 Å². The predicted molar refractivity (Wildman–Crippen MR) is 116 cm³/mol. The van der Waals surface area contributed by atoms with Crippen LogP contribution in [0.25, 0.3) is 0 Å². The van der Waals surface area contributed by atoms with Crippen molar-refractivity contribution in [3.05, 3.63) is 29.0 Å². The number of aromatic nitrogens is 2. The third-order valence-corrected chi connectivity index (χ3v) is 6.21. The topological polar surface area (TPSA) is 134 Å². The summed E-state index contributed by atoms with van der Waals surface area (Å²) in [5.74, 6) is -1.27. The summed E-state index contributed by atoms with van der Waals surface area (Å²) >= 11 is 1.13. The number of ether oxygens (including phenoxy) is 1. The summed E-state index contributed by atoms with van der Waals surface area (Å²) in [6.07, 6.45) is -1.06. The van der Waals surface area contributed by atoms with E-state index in [-0.39, 0.29) is 24.0 Å². The number of benzene rings is 1. The summed E-state index contributed by atoms with van der Waals surface area (Å²) in [7, 11) is 0. The van der Waals surface area contributed by atoms with E-state index in [2.05, 4.69) is 15.5 Å². The van der Waals surface area contributed by atoms with E-state index in [4.69, 9.17) is 10.5 Å². The molecule has 2 saturated heterocycles. The second-order valence-electron chi connectivity index (χ2n) is 7.42. The molecule has 13 heteroatoms. The van der Waals surface area contributed by atoms with Crippen LogP contribution in [0.15, 0.2) is 18.2 Å². The molecule has 11 nitrogen and oxygen atoms in total. The molecular weight excluding hydrogens is 441 g/mol. The fraction of sp³-hybridized carbons (Fsp3) is 0.421. The van der Waals surface area contributed by atoms with Gasteiger partial charge in [-0.05, 0) is 18.2 Å². The zero-order valence-electron chi connectivity index (χ0n) is 17.3. The van der Waals surface area contributed by atoms with Crippen LogP contribution in [0.5, 0.6) is 0 Å². The molecule has 170 valence electrons. The number of carbonyl (C=O) groups excluding carboxylic acids is 3. The number of hydrogen-bond acceptors (Lipinski definition) is 9. The number of nitrogens with two attached hydrogens (primary N) is 1. The maximum Gasteiger partial charge on any atom is 0.414 e. The average Bonchev–Trinajstić information content (AvgIpc) is 3.39. The van der Waals surface area contributed by atoms with Crippen molar-refractivity contribution in [2.24, 2.45) is 5.73 Å². The van der Waals surface area contributed by atoms with Gasteiger partial charge in [0.2, 0.25) is 16.0 Å². The van der Waals surface area contributed by atoms with E-state index in [0.29, 0.717) is 42.7 Å². The van der Waals surface area contributed by atoms with Crippen molar-refractivity contribution in [2.75, 3.05) is 54.0 Å². The van der Waals surface area contributed by atoms with Crippen LogP contribution < -0.4 is 25.8 Å². The van der Waals surface area contributed by atoms with Crippen molar-refractivity contribution in [1.82, 2.24) is 15.5 Å². The summed E-state index contributed by atoms with van der Waals surface area (Å²) < 4.78 is 20.1. The Morgan fingerprint density at radius 1 is 1.25 bits per heavy atom. The first-order chi connectivity index (χ1) is 15.3. The number of primary amides is 1. The molecule has 2 aromatic rings. The molecule has 3 N–H and O–H groups in total. The van der Waals surface area contributed by atoms with Crippen LogP contribution in [0.2, 0.25) is 0 Å². The number of halogens is 1. The second-order valence-corrected chi connectivity index (χ2v) is 8.37. The second kappa shape index (κ2) is 8.94. The number of nitrogens with one attached hydrogen (secondary N) is 1. The summed E-state index contributed by atoms with van der Waals surface area (Å²) in [4.78, 5) is 39.6. The standard InChI is InChI=1S/C19H22FN7O4S/c1-11(28)22-9-13-10-27(19(30)31-13)12-2-3-15(14(20)8-12)25-4-6-26(7-5-25)18-24-23-17(32-18)16(21)29/h2-3,8,13H,4-7,9-10H2,1H3,(H2,21,29)(H,22,28)/t13-/m0/s1. The van der Waals surface area contributed by atoms with E-state index in [0.717, 1.165) is 11.3 Å². The number of nitrogens with zero attached hydrogens (tertiary/aromatic N) is 5. The Morgan fingerprint density at radius 3 is 2.59 bits per heavy atom. The van der Waals surface area contributed by atoms with Gasteiger partial charge in [0.05, 0.1) is 24.5 Å². The number of carbonyl (C=O) groups is 3. The Hall–Kier alpha value is -3.48. The number of hydrogen-bond donors (Lipinski definition) is 2. The summed E-state index contributed by atoms with van der Waals surface area (Å²) in [5.41, 5.74) is 6.06. The number of piperazine rings is 1. The lowest BCUT2D eigenvalue weighted by Gasteiger charge is -2.36. The van der Waals surface area contributed by atoms with Gasteiger partial charge in [0, 0.05) is 33.1 Å². The molecule has 2 fully saturated rings. The highest BCUT2D eigenvalue weighted by Gasteiger charge is 2.33. The maximum atomic E-state index is 14.9. The molecule has 2 aliphatic rings. The minimum atomic E-state index is -0.613. The van der Waals surface area contributed by atoms with E-state index in [1.54, 1.807) is 12.1 Å². The van der Waals surface area contributed by atoms with Crippen molar-refractivity contribution >= 4 is 45.8 Å². The zero-order valence-corrected chi connectivity index (χ0v) is 18.1. The van der Waals surface area contributed by atoms with Crippen LogP contribution in [0, 0.1) is 5.82 Å². The maximum absolute atomic E-state index is 14.9. The van der Waals surface area contributed by atoms with Crippen molar-refractivity contribution in [2.45, 2.75) is 13.0 Å². The van der Waals surface area contributed by atoms with Gasteiger partial charge in [-0.3, -0.25) is 14.5 Å². The van der Waals surface area contributed by atoms with Gasteiger partial charge < -0.3 is 25.6 Å². The summed E-state index contributed by atoms with van der Waals surface area (Å²) in [5, 5.41) is 11.1. The van der Waals surface area contributed by atoms with E-state index in [1.807, 2.05) is 9.80 Å². The number of rotatable bonds is 6. The van der Waals surface area contributed by atoms with Crippen LogP contribution in [0.1, 0.15) is 16.7 Å². The Morgan fingerprint density at radius 2 is 1.97 bits per heavy atom. The molecule has 0 spiro atoms. The first-order valence-corrected chi connectivity index (χ1v) is 10.8. The lowest BCUT2D eigenvalue weighted by atomic mass is 10.2. The van der Waals surface area contributed by atoms with Gasteiger partial charge in [-0.15, -0.1) is 10.2 Å². The molecule has 3 amide bonds. The molecule has 0 saturated carbocycles. The van der Waals surface area contributed by atoms with Gasteiger partial charge in [-0.2, -0.15) is 0 Å². The minimum absolute atomic E-state index is 0.156. The first kappa shape index (κ1) is 21.7. The van der Waals surface area contributed by atoms with E-state index in [9.17, 15) is 18.8 Å². The highest BCUT2D eigenvalue weighted by atomic mass is 32.1. The molecule has 1 aromatic heterocycles. The van der Waals surface area contributed by atoms with Gasteiger partial charge in [-0.25, -0.2) is 9.18 Å². The highest BCUT2D eigenvalue weighted by Crippen LogP contribution is 2.29. The summed E-state index contributed by atoms with van der Waals surface area (Å²) in [6, 6.07) is 4.63. The van der Waals surface area contributed by atoms with Crippen LogP contribution >= 0.6 is 11.3 Å². The largest absolute Gasteiger partial charge is 0.442 e. The predicted octanol–water partition coefficient (Wildman–Crippen LogP) is 0.564. The minimum Gasteiger partial charge on any atom is -0.442 e. The lowest BCUT2D eigenvalue weighted by molar-refractivity contribution is -0.119. The fourth-order valence-corrected chi connectivity index (χ4v) is 4.35. The molecular formula is C19H22FN7O4S. The third-order valence-electron chi connectivity index (χ3n) is 5.21. The molecule has 32 heavy (non-hydrogen) atoms. The molecule has 4 rings (SSSR count). The zero-order chi connectivity index (χ0) is 22.8. The molecule has 1 aromatic carbocycles. The molecule has 0 radical (unpaired) electrons. The Kier molecular flexibility index (Phi) is 6.08. The summed E-state index contributed by atoms with van der Waals surface area (Å²) in [6.45, 7) is 4.08. The van der Waals surface area contributed by atoms with Crippen LogP contribution in [0.3, 0.4) is 0 Å². The molecule has 0 bridgehead atoms. The number of amides is 3. The van der Waals surface area contributed by atoms with Crippen molar-refractivity contribution < 1.29 is 23.5 Å². The smallest absolute Gasteiger partial charge is 0.414 e. The first-order valence-electron chi connectivity index (χ1n) is 9.97. The highest BCUT2D eigenvalue weighted by molar-refractivity contribution is 7.17. The van der Waals surface area contributed by atoms with E-state index >= 15 is 0 Å². The third kappa shape index (κ3) is 4.56. The molecule has 3 heterocycles. The molecule has 1 atom stereocenters. The van der Waals surface area contributed by atoms with Gasteiger partial charge in [-0.1, -0.05) is 11.3 Å². The fourth-order valence-electron chi connectivity index (χ4n) is 3.60. The van der Waals surface area contributed by atoms with Crippen LogP contribution in [-0.2, 0) is 9.53 Å². The Labute approximate surface area is 186 Å². The van der Waals surface area contributed by atoms with Gasteiger partial charge >= 0.3 is 6.09 Å². The van der Waals surface area contributed by atoms with E-state index in [1.165, 1.54) is 17.9 Å². The van der Waals surface area contributed by atoms with Crippen LogP contribution in [-0.4, -0.2) is 73.5 Å². The van der Waals surface area contributed by atoms with Crippen molar-refractivity contribution in [1.29, 1.82) is 0 Å². The number of anilines is 3. The quantitative estimate of drug-likeness (QED) is 0.635. The Balaban J connectivity index is 1.38. The Bertz CT molecular complexity index is 1040. The molecule has 0 aliphatic carbocycles. The van der Waals surface area contributed by atoms with Gasteiger partial charge in [0.1, 0.15) is 11.9 Å². The van der Waals surface area contributed by atoms with Gasteiger partial charge in [0.25, 0.3) is 5.91 Å². The normalized spacial score (nSPS) is 18.6.